The van der Waals surface area contributed by atoms with Gasteiger partial charge >= 0.3 is 5.97 Å². The Morgan fingerprint density at radius 1 is 1.10 bits per heavy atom. The molecule has 0 saturated carbocycles. The van der Waals surface area contributed by atoms with Crippen LogP contribution in [0.1, 0.15) is 10.4 Å². The van der Waals surface area contributed by atoms with Gasteiger partial charge in [0.15, 0.2) is 0 Å². The summed E-state index contributed by atoms with van der Waals surface area (Å²) in [5.41, 5.74) is 9.69. The highest BCUT2D eigenvalue weighted by Crippen LogP contribution is 2.34. The summed E-state index contributed by atoms with van der Waals surface area (Å²) < 4.78 is 0. The maximum atomic E-state index is 11.5. The molecule has 0 saturated heterocycles. The van der Waals surface area contributed by atoms with Crippen molar-refractivity contribution in [2.45, 2.75) is 0 Å². The molecule has 6 N–H and O–H groups in total. The van der Waals surface area contributed by atoms with E-state index in [4.69, 9.17) is 5.73 Å². The standard InChI is InChI=1S/C20H15N7O2/c21-20-22-5-4-16(26-20)24-12-6-11-9-23-27-18(11)14(8-12)15-7-10-2-1-3-13(19(28)29)17(10)25-15/h1-9,25H,(H,23,27)(H,28,29)(H3,21,22,24,26). The molecule has 9 heteroatoms. The Balaban J connectivity index is 1.66. The zero-order valence-electron chi connectivity index (χ0n) is 15.0. The molecule has 0 fully saturated rings. The second-order valence-corrected chi connectivity index (χ2v) is 6.54. The van der Waals surface area contributed by atoms with E-state index in [9.17, 15) is 9.90 Å². The Kier molecular flexibility index (Phi) is 3.66. The monoisotopic (exact) mass is 385 g/mol. The molecule has 0 radical (unpaired) electrons. The largest absolute Gasteiger partial charge is 0.478 e. The van der Waals surface area contributed by atoms with Crippen molar-refractivity contribution in [3.05, 3.63) is 60.4 Å². The summed E-state index contributed by atoms with van der Waals surface area (Å²) in [6.45, 7) is 0. The molecule has 0 amide bonds. The zero-order valence-corrected chi connectivity index (χ0v) is 15.0. The summed E-state index contributed by atoms with van der Waals surface area (Å²) in [5.74, 6) is -0.236. The number of nitrogens with one attached hydrogen (secondary N) is 3. The third-order valence-corrected chi connectivity index (χ3v) is 4.67. The van der Waals surface area contributed by atoms with Crippen LogP contribution in [0.3, 0.4) is 0 Å². The Morgan fingerprint density at radius 3 is 2.83 bits per heavy atom. The Morgan fingerprint density at radius 2 is 2.00 bits per heavy atom. The fraction of sp³-hybridized carbons (Fsp3) is 0. The number of carboxylic acid groups (broad SMARTS) is 1. The number of aromatic carboxylic acids is 1. The summed E-state index contributed by atoms with van der Waals surface area (Å²) in [7, 11) is 0. The summed E-state index contributed by atoms with van der Waals surface area (Å²) >= 11 is 0. The lowest BCUT2D eigenvalue weighted by atomic mass is 10.1. The van der Waals surface area contributed by atoms with Crippen LogP contribution in [0.25, 0.3) is 33.1 Å². The van der Waals surface area contributed by atoms with Gasteiger partial charge in [0, 0.05) is 33.9 Å². The lowest BCUT2D eigenvalue weighted by Crippen LogP contribution is -1.99. The number of nitrogens with zero attached hydrogens (tertiary/aromatic N) is 3. The summed E-state index contributed by atoms with van der Waals surface area (Å²) in [4.78, 5) is 22.8. The predicted octanol–water partition coefficient (Wildman–Crippen LogP) is 3.53. The van der Waals surface area contributed by atoms with Crippen LogP contribution in [0, 0.1) is 0 Å². The van der Waals surface area contributed by atoms with Gasteiger partial charge in [0.2, 0.25) is 5.95 Å². The Bertz CT molecular complexity index is 1390. The van der Waals surface area contributed by atoms with Crippen LogP contribution in [0.2, 0.25) is 0 Å². The molecule has 3 aromatic heterocycles. The van der Waals surface area contributed by atoms with Crippen molar-refractivity contribution in [3.8, 4) is 11.3 Å². The quantitative estimate of drug-likeness (QED) is 0.318. The van der Waals surface area contributed by atoms with Crippen LogP contribution in [0.15, 0.2) is 54.9 Å². The van der Waals surface area contributed by atoms with Gasteiger partial charge < -0.3 is 21.1 Å². The van der Waals surface area contributed by atoms with Gasteiger partial charge in [-0.05, 0) is 30.3 Å². The SMILES string of the molecule is Nc1nccc(Nc2cc(-c3cc4cccc(C(=O)O)c4[nH]3)c3[nH]ncc3c2)n1. The number of nitrogen functional groups attached to an aromatic ring is 1. The molecule has 0 unspecified atom stereocenters. The molecule has 0 aliphatic heterocycles. The van der Waals surface area contributed by atoms with Crippen LogP contribution in [-0.4, -0.2) is 36.2 Å². The third-order valence-electron chi connectivity index (χ3n) is 4.67. The normalized spacial score (nSPS) is 11.2. The molecule has 0 spiro atoms. The first-order valence-corrected chi connectivity index (χ1v) is 8.76. The highest BCUT2D eigenvalue weighted by atomic mass is 16.4. The molecule has 2 aromatic carbocycles. The summed E-state index contributed by atoms with van der Waals surface area (Å²) in [6.07, 6.45) is 3.30. The number of hydrogen-bond donors (Lipinski definition) is 5. The van der Waals surface area contributed by atoms with E-state index in [2.05, 4.69) is 30.5 Å². The van der Waals surface area contributed by atoms with Gasteiger partial charge in [-0.1, -0.05) is 12.1 Å². The number of aromatic nitrogens is 5. The van der Waals surface area contributed by atoms with E-state index in [1.54, 1.807) is 30.6 Å². The maximum Gasteiger partial charge on any atom is 0.337 e. The minimum atomic E-state index is -0.979. The van der Waals surface area contributed by atoms with Crippen molar-refractivity contribution >= 4 is 45.2 Å². The van der Waals surface area contributed by atoms with E-state index in [0.29, 0.717) is 11.3 Å². The van der Waals surface area contributed by atoms with E-state index in [1.165, 1.54) is 0 Å². The Hall–Kier alpha value is -4.40. The average molecular weight is 385 g/mol. The van der Waals surface area contributed by atoms with Gasteiger partial charge in [-0.3, -0.25) is 5.10 Å². The number of para-hydroxylation sites is 1. The van der Waals surface area contributed by atoms with Gasteiger partial charge in [0.05, 0.1) is 22.8 Å². The fourth-order valence-corrected chi connectivity index (χ4v) is 3.41. The first kappa shape index (κ1) is 16.8. The number of nitrogens with two attached hydrogens (primary N) is 1. The second-order valence-electron chi connectivity index (χ2n) is 6.54. The van der Waals surface area contributed by atoms with Crippen LogP contribution in [-0.2, 0) is 0 Å². The summed E-state index contributed by atoms with van der Waals surface area (Å²) in [5, 5.41) is 21.5. The molecule has 9 nitrogen and oxygen atoms in total. The van der Waals surface area contributed by atoms with Crippen LogP contribution in [0.4, 0.5) is 17.5 Å². The molecule has 0 aliphatic rings. The van der Waals surface area contributed by atoms with Crippen LogP contribution >= 0.6 is 0 Å². The molecule has 5 aromatic rings. The molecule has 0 atom stereocenters. The fourth-order valence-electron chi connectivity index (χ4n) is 3.41. The van der Waals surface area contributed by atoms with Gasteiger partial charge in [0.1, 0.15) is 5.82 Å². The number of carbonyl (C=O) groups is 1. The maximum absolute atomic E-state index is 11.5. The van der Waals surface area contributed by atoms with E-state index in [1.807, 2.05) is 24.3 Å². The molecule has 3 heterocycles. The smallest absolute Gasteiger partial charge is 0.337 e. The van der Waals surface area contributed by atoms with Gasteiger partial charge in [-0.2, -0.15) is 10.1 Å². The van der Waals surface area contributed by atoms with Gasteiger partial charge in [-0.15, -0.1) is 0 Å². The summed E-state index contributed by atoms with van der Waals surface area (Å²) in [6, 6.07) is 12.7. The van der Waals surface area contributed by atoms with Crippen molar-refractivity contribution in [3.63, 3.8) is 0 Å². The minimum Gasteiger partial charge on any atom is -0.478 e. The highest BCUT2D eigenvalue weighted by Gasteiger charge is 2.15. The first-order chi connectivity index (χ1) is 14.1. The second kappa shape index (κ2) is 6.34. The molecule has 5 rings (SSSR count). The van der Waals surface area contributed by atoms with E-state index >= 15 is 0 Å². The van der Waals surface area contributed by atoms with E-state index in [0.717, 1.165) is 33.2 Å². The van der Waals surface area contributed by atoms with Crippen molar-refractivity contribution in [2.24, 2.45) is 0 Å². The topological polar surface area (TPSA) is 146 Å². The van der Waals surface area contributed by atoms with E-state index < -0.39 is 5.97 Å². The number of anilines is 3. The van der Waals surface area contributed by atoms with Gasteiger partial charge in [-0.25, -0.2) is 9.78 Å². The number of H-pyrrole nitrogens is 2. The molecule has 142 valence electrons. The number of benzene rings is 2. The lowest BCUT2D eigenvalue weighted by Gasteiger charge is -2.09. The minimum absolute atomic E-state index is 0.177. The average Bonchev–Trinajstić information content (AvgIpc) is 3.33. The predicted molar refractivity (Wildman–Crippen MR) is 110 cm³/mol. The Labute approximate surface area is 163 Å². The van der Waals surface area contributed by atoms with Crippen molar-refractivity contribution in [2.75, 3.05) is 11.1 Å². The van der Waals surface area contributed by atoms with Crippen molar-refractivity contribution in [1.29, 1.82) is 0 Å². The van der Waals surface area contributed by atoms with Crippen molar-refractivity contribution < 1.29 is 9.90 Å². The van der Waals surface area contributed by atoms with Crippen LogP contribution < -0.4 is 11.1 Å². The first-order valence-electron chi connectivity index (χ1n) is 8.76. The molecule has 29 heavy (non-hydrogen) atoms. The molecule has 0 bridgehead atoms. The molecular weight excluding hydrogens is 370 g/mol. The molecular formula is C20H15N7O2. The van der Waals surface area contributed by atoms with Crippen LogP contribution in [0.5, 0.6) is 0 Å². The third kappa shape index (κ3) is 2.90. The lowest BCUT2D eigenvalue weighted by molar-refractivity contribution is 0.0699. The highest BCUT2D eigenvalue weighted by molar-refractivity contribution is 6.05. The number of aromatic amines is 2. The number of carboxylic acids is 1. The molecule has 0 aliphatic carbocycles. The number of hydrogen-bond acceptors (Lipinski definition) is 6. The number of rotatable bonds is 4. The van der Waals surface area contributed by atoms with Gasteiger partial charge in [0.25, 0.3) is 0 Å². The van der Waals surface area contributed by atoms with Crippen molar-refractivity contribution in [1.82, 2.24) is 25.1 Å². The number of fused-ring (bicyclic) bond motifs is 2. The van der Waals surface area contributed by atoms with E-state index in [-0.39, 0.29) is 11.5 Å². The zero-order chi connectivity index (χ0) is 20.0.